The molecule has 1 rings (SSSR count). The molecular formula is C15H26O. The highest BCUT2D eigenvalue weighted by atomic mass is 16.2. The third-order valence-electron chi connectivity index (χ3n) is 3.55. The van der Waals surface area contributed by atoms with Crippen molar-refractivity contribution < 1.29 is 5.11 Å². The van der Waals surface area contributed by atoms with Crippen molar-refractivity contribution in [2.45, 2.75) is 51.9 Å². The molecular weight excluding hydrogens is 196 g/mol. The van der Waals surface area contributed by atoms with E-state index in [1.807, 2.05) is 0 Å². The van der Waals surface area contributed by atoms with Gasteiger partial charge in [0.1, 0.15) is 0 Å². The smallest absolute Gasteiger partial charge is 0.0431 e. The Labute approximate surface area is 100 Å². The number of hydrogen-bond donors (Lipinski definition) is 1. The van der Waals surface area contributed by atoms with E-state index >= 15 is 0 Å². The van der Waals surface area contributed by atoms with Crippen molar-refractivity contribution in [1.82, 2.24) is 0 Å². The molecule has 1 heteroatoms. The van der Waals surface area contributed by atoms with Crippen molar-refractivity contribution in [3.05, 3.63) is 24.3 Å². The largest absolute Gasteiger partial charge is 0.396 e. The Morgan fingerprint density at radius 2 is 2.06 bits per heavy atom. The number of rotatable bonds is 7. The average Bonchev–Trinajstić information content (AvgIpc) is 2.74. The molecule has 1 N–H and O–H groups in total. The maximum absolute atomic E-state index is 8.68. The first kappa shape index (κ1) is 13.5. The minimum atomic E-state index is 0.335. The van der Waals surface area contributed by atoms with Crippen LogP contribution in [0.2, 0.25) is 0 Å². The molecule has 1 aliphatic rings. The number of aliphatic hydroxyl groups excluding tert-OH is 1. The lowest BCUT2D eigenvalue weighted by Crippen LogP contribution is -2.03. The van der Waals surface area contributed by atoms with E-state index in [2.05, 4.69) is 31.2 Å². The van der Waals surface area contributed by atoms with Gasteiger partial charge in [-0.05, 0) is 57.3 Å². The Hall–Kier alpha value is -0.560. The lowest BCUT2D eigenvalue weighted by molar-refractivity contribution is 0.285. The van der Waals surface area contributed by atoms with E-state index in [1.165, 1.54) is 25.7 Å². The molecule has 0 heterocycles. The van der Waals surface area contributed by atoms with Crippen LogP contribution in [-0.2, 0) is 0 Å². The summed E-state index contributed by atoms with van der Waals surface area (Å²) in [4.78, 5) is 0. The highest BCUT2D eigenvalue weighted by Crippen LogP contribution is 2.35. The summed E-state index contributed by atoms with van der Waals surface area (Å²) in [5.41, 5.74) is 0. The van der Waals surface area contributed by atoms with E-state index in [9.17, 15) is 0 Å². The molecule has 1 fully saturated rings. The summed E-state index contributed by atoms with van der Waals surface area (Å²) in [5.74, 6) is 1.69. The zero-order valence-electron chi connectivity index (χ0n) is 10.6. The number of allylic oxidation sites excluding steroid dienone is 4. The minimum Gasteiger partial charge on any atom is -0.396 e. The van der Waals surface area contributed by atoms with Gasteiger partial charge in [-0.25, -0.2) is 0 Å². The fourth-order valence-corrected chi connectivity index (χ4v) is 2.57. The zero-order valence-corrected chi connectivity index (χ0v) is 10.6. The Kier molecular flexibility index (Phi) is 7.24. The average molecular weight is 222 g/mol. The summed E-state index contributed by atoms with van der Waals surface area (Å²) in [6, 6.07) is 0. The molecule has 0 aromatic rings. The SMILES string of the molecule is C/C=C/CC1CCCC1/C=C/CCCCO. The molecule has 1 nitrogen and oxygen atoms in total. The summed E-state index contributed by atoms with van der Waals surface area (Å²) in [7, 11) is 0. The molecule has 0 amide bonds. The Bertz CT molecular complexity index is 217. The van der Waals surface area contributed by atoms with Crippen molar-refractivity contribution in [3.63, 3.8) is 0 Å². The summed E-state index contributed by atoms with van der Waals surface area (Å²) in [6.45, 7) is 2.44. The molecule has 0 aliphatic heterocycles. The van der Waals surface area contributed by atoms with E-state index < -0.39 is 0 Å². The lowest BCUT2D eigenvalue weighted by atomic mass is 9.92. The first-order valence-corrected chi connectivity index (χ1v) is 6.77. The molecule has 0 aromatic carbocycles. The monoisotopic (exact) mass is 222 g/mol. The molecule has 92 valence electrons. The van der Waals surface area contributed by atoms with Crippen molar-refractivity contribution in [1.29, 1.82) is 0 Å². The van der Waals surface area contributed by atoms with Gasteiger partial charge in [-0.2, -0.15) is 0 Å². The number of aliphatic hydroxyl groups is 1. The fourth-order valence-electron chi connectivity index (χ4n) is 2.57. The van der Waals surface area contributed by atoms with Gasteiger partial charge >= 0.3 is 0 Å². The van der Waals surface area contributed by atoms with Crippen LogP contribution in [0.1, 0.15) is 51.9 Å². The lowest BCUT2D eigenvalue weighted by Gasteiger charge is -2.13. The third-order valence-corrected chi connectivity index (χ3v) is 3.55. The molecule has 2 atom stereocenters. The Morgan fingerprint density at radius 3 is 2.81 bits per heavy atom. The highest BCUT2D eigenvalue weighted by molar-refractivity contribution is 4.97. The van der Waals surface area contributed by atoms with Crippen LogP contribution in [0, 0.1) is 11.8 Å². The van der Waals surface area contributed by atoms with E-state index in [0.29, 0.717) is 6.61 Å². The number of unbranched alkanes of at least 4 members (excludes halogenated alkanes) is 2. The van der Waals surface area contributed by atoms with Gasteiger partial charge in [0.15, 0.2) is 0 Å². The van der Waals surface area contributed by atoms with Crippen molar-refractivity contribution >= 4 is 0 Å². The van der Waals surface area contributed by atoms with Crippen LogP contribution in [-0.4, -0.2) is 11.7 Å². The van der Waals surface area contributed by atoms with Gasteiger partial charge in [0.25, 0.3) is 0 Å². The normalized spacial score (nSPS) is 26.1. The van der Waals surface area contributed by atoms with Gasteiger partial charge in [-0.3, -0.25) is 0 Å². The van der Waals surface area contributed by atoms with E-state index in [1.54, 1.807) is 0 Å². The molecule has 0 spiro atoms. The van der Waals surface area contributed by atoms with Gasteiger partial charge < -0.3 is 5.11 Å². The van der Waals surface area contributed by atoms with Gasteiger partial charge in [-0.1, -0.05) is 30.7 Å². The van der Waals surface area contributed by atoms with Crippen LogP contribution in [0.25, 0.3) is 0 Å². The predicted molar refractivity (Wildman–Crippen MR) is 70.3 cm³/mol. The Balaban J connectivity index is 2.23. The molecule has 0 bridgehead atoms. The zero-order chi connectivity index (χ0) is 11.6. The molecule has 0 radical (unpaired) electrons. The summed E-state index contributed by atoms with van der Waals surface area (Å²) in [5, 5.41) is 8.68. The van der Waals surface area contributed by atoms with Crippen molar-refractivity contribution in [2.24, 2.45) is 11.8 Å². The van der Waals surface area contributed by atoms with E-state index in [0.717, 1.165) is 31.1 Å². The standard InChI is InChI=1S/C15H26O/c1-2-3-9-14-11-8-12-15(14)10-6-4-5-7-13-16/h2-3,6,10,14-16H,4-5,7-9,11-13H2,1H3/b3-2+,10-6+. The van der Waals surface area contributed by atoms with Crippen LogP contribution < -0.4 is 0 Å². The van der Waals surface area contributed by atoms with Gasteiger partial charge in [0.2, 0.25) is 0 Å². The summed E-state index contributed by atoms with van der Waals surface area (Å²) >= 11 is 0. The van der Waals surface area contributed by atoms with Crippen LogP contribution in [0.5, 0.6) is 0 Å². The molecule has 2 unspecified atom stereocenters. The highest BCUT2D eigenvalue weighted by Gasteiger charge is 2.23. The van der Waals surface area contributed by atoms with Gasteiger partial charge in [-0.15, -0.1) is 0 Å². The fraction of sp³-hybridized carbons (Fsp3) is 0.733. The molecule has 16 heavy (non-hydrogen) atoms. The molecule has 1 aliphatic carbocycles. The first-order valence-electron chi connectivity index (χ1n) is 6.77. The summed E-state index contributed by atoms with van der Waals surface area (Å²) in [6.07, 6.45) is 17.9. The second-order valence-electron chi connectivity index (χ2n) is 4.81. The van der Waals surface area contributed by atoms with Gasteiger partial charge in [0, 0.05) is 6.61 Å². The van der Waals surface area contributed by atoms with Crippen molar-refractivity contribution in [2.75, 3.05) is 6.61 Å². The molecule has 0 saturated heterocycles. The first-order chi connectivity index (χ1) is 7.88. The van der Waals surface area contributed by atoms with Gasteiger partial charge in [0.05, 0.1) is 0 Å². The topological polar surface area (TPSA) is 20.2 Å². The second kappa shape index (κ2) is 8.58. The van der Waals surface area contributed by atoms with Crippen LogP contribution >= 0.6 is 0 Å². The quantitative estimate of drug-likeness (QED) is 0.508. The minimum absolute atomic E-state index is 0.335. The number of hydrogen-bond acceptors (Lipinski definition) is 1. The molecule has 1 saturated carbocycles. The predicted octanol–water partition coefficient (Wildman–Crippen LogP) is 4.09. The van der Waals surface area contributed by atoms with E-state index in [4.69, 9.17) is 5.11 Å². The van der Waals surface area contributed by atoms with Crippen LogP contribution in [0.15, 0.2) is 24.3 Å². The maximum atomic E-state index is 8.68. The second-order valence-corrected chi connectivity index (χ2v) is 4.81. The maximum Gasteiger partial charge on any atom is 0.0431 e. The van der Waals surface area contributed by atoms with Crippen LogP contribution in [0.4, 0.5) is 0 Å². The van der Waals surface area contributed by atoms with Crippen LogP contribution in [0.3, 0.4) is 0 Å². The third kappa shape index (κ3) is 4.98. The summed E-state index contributed by atoms with van der Waals surface area (Å²) < 4.78 is 0. The Morgan fingerprint density at radius 1 is 1.19 bits per heavy atom. The molecule has 0 aromatic heterocycles. The van der Waals surface area contributed by atoms with Crippen molar-refractivity contribution in [3.8, 4) is 0 Å². The van der Waals surface area contributed by atoms with E-state index in [-0.39, 0.29) is 0 Å².